The number of nitrogens with zero attached hydrogens (tertiary/aromatic N) is 2. The van der Waals surface area contributed by atoms with E-state index >= 15 is 0 Å². The maximum Gasteiger partial charge on any atom is 0.266 e. The topological polar surface area (TPSA) is 74.8 Å². The first-order chi connectivity index (χ1) is 26.0. The van der Waals surface area contributed by atoms with Crippen LogP contribution in [0.2, 0.25) is 0 Å². The SMILES string of the molecule is CCCCc1cc(C)c(N2C(=O)c3ccc4c5ccc6c7c(ccc(c8ccc(c3c48)C2=O)c75)C(=O)N(c2c(C)cc(CCCC)cc2C)C6=O)c(C)c1. The molecule has 2 aliphatic heterocycles. The zero-order valence-corrected chi connectivity index (χ0v) is 31.7. The molecular weight excluding hydrogens is 669 g/mol. The van der Waals surface area contributed by atoms with E-state index in [1.165, 1.54) is 20.9 Å². The molecule has 0 aromatic heterocycles. The van der Waals surface area contributed by atoms with Crippen LogP contribution in [0.5, 0.6) is 0 Å². The molecule has 54 heavy (non-hydrogen) atoms. The van der Waals surface area contributed by atoms with E-state index in [2.05, 4.69) is 38.1 Å². The molecule has 7 aromatic rings. The lowest BCUT2D eigenvalue weighted by molar-refractivity contribution is 0.0877. The summed E-state index contributed by atoms with van der Waals surface area (Å²) in [5.41, 5.74) is 9.29. The summed E-state index contributed by atoms with van der Waals surface area (Å²) in [6.45, 7) is 12.2. The van der Waals surface area contributed by atoms with Gasteiger partial charge in [-0.3, -0.25) is 19.2 Å². The van der Waals surface area contributed by atoms with Crippen molar-refractivity contribution < 1.29 is 19.2 Å². The minimum atomic E-state index is -0.333. The number of imide groups is 2. The van der Waals surface area contributed by atoms with E-state index in [4.69, 9.17) is 0 Å². The molecular formula is C48H42N2O4. The van der Waals surface area contributed by atoms with Gasteiger partial charge in [-0.25, -0.2) is 9.80 Å². The number of anilines is 2. The third kappa shape index (κ3) is 4.65. The van der Waals surface area contributed by atoms with E-state index in [1.54, 1.807) is 0 Å². The smallest absolute Gasteiger partial charge is 0.266 e. The quantitative estimate of drug-likeness (QED) is 0.0894. The van der Waals surface area contributed by atoms with Crippen LogP contribution in [0.1, 0.15) is 114 Å². The van der Waals surface area contributed by atoms with Crippen LogP contribution in [0, 0.1) is 27.7 Å². The lowest BCUT2D eigenvalue weighted by Gasteiger charge is -2.32. The maximum atomic E-state index is 14.4. The first-order valence-corrected chi connectivity index (χ1v) is 19.2. The summed E-state index contributed by atoms with van der Waals surface area (Å²) in [5.74, 6) is -1.33. The van der Waals surface area contributed by atoms with Crippen molar-refractivity contribution >= 4 is 78.1 Å². The van der Waals surface area contributed by atoms with Gasteiger partial charge in [-0.2, -0.15) is 0 Å². The summed E-state index contributed by atoms with van der Waals surface area (Å²) >= 11 is 0. The fourth-order valence-corrected chi connectivity index (χ4v) is 9.52. The van der Waals surface area contributed by atoms with Gasteiger partial charge < -0.3 is 0 Å². The Hall–Kier alpha value is -5.88. The van der Waals surface area contributed by atoms with E-state index in [0.29, 0.717) is 44.4 Å². The number of benzene rings is 7. The van der Waals surface area contributed by atoms with Gasteiger partial charge in [0.1, 0.15) is 0 Å². The van der Waals surface area contributed by atoms with Crippen LogP contribution < -0.4 is 9.80 Å². The summed E-state index contributed by atoms with van der Waals surface area (Å²) < 4.78 is 0. The molecule has 0 spiro atoms. The standard InChI is InChI=1S/C48H42N2O4/c1-7-9-11-29-21-25(3)43(26(4)22-29)49-45(51)35-17-13-31-33-15-19-37-42-38(20-16-34(40(33)42)32-14-18-36(46(49)52)41(35)39(31)32)48(54)50(47(37)53)44-27(5)23-30(12-10-8-2)24-28(44)6/h13-24H,7-12H2,1-6H3. The minimum absolute atomic E-state index is 0.333. The molecule has 0 saturated carbocycles. The molecule has 6 nitrogen and oxygen atoms in total. The minimum Gasteiger partial charge on any atom is -0.268 e. The predicted octanol–water partition coefficient (Wildman–Crippen LogP) is 11.3. The van der Waals surface area contributed by atoms with E-state index < -0.39 is 0 Å². The molecule has 0 N–H and O–H groups in total. The number of rotatable bonds is 8. The molecule has 0 atom stereocenters. The highest BCUT2D eigenvalue weighted by Crippen LogP contribution is 2.47. The number of carbonyl (C=O) groups excluding carboxylic acids is 4. The van der Waals surface area contributed by atoms with Crippen molar-refractivity contribution in [2.24, 2.45) is 0 Å². The van der Waals surface area contributed by atoms with Gasteiger partial charge >= 0.3 is 0 Å². The number of amides is 4. The second-order valence-corrected chi connectivity index (χ2v) is 15.4. The van der Waals surface area contributed by atoms with Gasteiger partial charge in [-0.1, -0.05) is 75.2 Å². The average Bonchev–Trinajstić information content (AvgIpc) is 3.15. The molecule has 2 heterocycles. The normalized spacial score (nSPS) is 14.3. The first-order valence-electron chi connectivity index (χ1n) is 19.2. The molecule has 0 saturated heterocycles. The molecule has 9 rings (SSSR count). The Morgan fingerprint density at radius 1 is 0.407 bits per heavy atom. The van der Waals surface area contributed by atoms with Crippen LogP contribution in [0.15, 0.2) is 72.8 Å². The summed E-state index contributed by atoms with van der Waals surface area (Å²) in [7, 11) is 0. The van der Waals surface area contributed by atoms with E-state index in [0.717, 1.165) is 93.1 Å². The van der Waals surface area contributed by atoms with Gasteiger partial charge in [-0.05, 0) is 143 Å². The number of carbonyl (C=O) groups is 4. The van der Waals surface area contributed by atoms with Crippen molar-refractivity contribution in [3.8, 4) is 0 Å². The largest absolute Gasteiger partial charge is 0.268 e. The van der Waals surface area contributed by atoms with Crippen LogP contribution in [-0.2, 0) is 12.8 Å². The average molecular weight is 711 g/mol. The molecule has 0 bridgehead atoms. The van der Waals surface area contributed by atoms with Crippen molar-refractivity contribution in [1.29, 1.82) is 0 Å². The second kappa shape index (κ2) is 12.3. The number of unbranched alkanes of at least 4 members (excludes halogenated alkanes) is 2. The van der Waals surface area contributed by atoms with Gasteiger partial charge in [-0.15, -0.1) is 0 Å². The molecule has 6 heteroatoms. The molecule has 268 valence electrons. The highest BCUT2D eigenvalue weighted by atomic mass is 16.2. The van der Waals surface area contributed by atoms with Crippen molar-refractivity contribution in [3.05, 3.63) is 128 Å². The van der Waals surface area contributed by atoms with Gasteiger partial charge in [0.2, 0.25) is 0 Å². The van der Waals surface area contributed by atoms with Crippen LogP contribution in [-0.4, -0.2) is 23.6 Å². The van der Waals surface area contributed by atoms with Gasteiger partial charge in [0, 0.05) is 33.0 Å². The number of hydrogen-bond acceptors (Lipinski definition) is 4. The Bertz CT molecular complexity index is 2470. The summed E-state index contributed by atoms with van der Waals surface area (Å²) in [5, 5.41) is 6.49. The fraction of sp³-hybridized carbons (Fsp3) is 0.250. The molecule has 4 amide bonds. The molecule has 0 unspecified atom stereocenters. The number of aryl methyl sites for hydroxylation is 6. The van der Waals surface area contributed by atoms with Crippen LogP contribution in [0.3, 0.4) is 0 Å². The third-order valence-electron chi connectivity index (χ3n) is 11.8. The van der Waals surface area contributed by atoms with Crippen LogP contribution in [0.25, 0.3) is 43.1 Å². The fourth-order valence-electron chi connectivity index (χ4n) is 9.52. The summed E-state index contributed by atoms with van der Waals surface area (Å²) in [6, 6.07) is 23.6. The second-order valence-electron chi connectivity index (χ2n) is 15.4. The zero-order chi connectivity index (χ0) is 37.7. The number of hydrogen-bond donors (Lipinski definition) is 0. The number of fused-ring (bicyclic) bond motifs is 2. The van der Waals surface area contributed by atoms with Crippen molar-refractivity contribution in [2.45, 2.75) is 80.1 Å². The van der Waals surface area contributed by atoms with Crippen molar-refractivity contribution in [1.82, 2.24) is 0 Å². The Labute approximate surface area is 314 Å². The first kappa shape index (κ1) is 33.9. The molecule has 0 aliphatic carbocycles. The Kier molecular flexibility index (Phi) is 7.75. The van der Waals surface area contributed by atoms with Gasteiger partial charge in [0.25, 0.3) is 23.6 Å². The molecule has 7 aromatic carbocycles. The molecule has 0 fully saturated rings. The third-order valence-corrected chi connectivity index (χ3v) is 11.8. The van der Waals surface area contributed by atoms with Crippen molar-refractivity contribution in [2.75, 3.05) is 9.80 Å². The van der Waals surface area contributed by atoms with Crippen LogP contribution >= 0.6 is 0 Å². The molecule has 0 radical (unpaired) electrons. The van der Waals surface area contributed by atoms with Gasteiger partial charge in [0.15, 0.2) is 0 Å². The van der Waals surface area contributed by atoms with Crippen LogP contribution in [0.4, 0.5) is 11.4 Å². The monoisotopic (exact) mass is 710 g/mol. The molecule has 2 aliphatic rings. The van der Waals surface area contributed by atoms with Gasteiger partial charge in [0.05, 0.1) is 11.4 Å². The van der Waals surface area contributed by atoms with Crippen molar-refractivity contribution in [3.63, 3.8) is 0 Å². The zero-order valence-electron chi connectivity index (χ0n) is 31.7. The lowest BCUT2D eigenvalue weighted by Crippen LogP contribution is -2.41. The van der Waals surface area contributed by atoms with E-state index in [1.807, 2.05) is 76.2 Å². The Morgan fingerprint density at radius 3 is 0.944 bits per heavy atom. The summed E-state index contributed by atoms with van der Waals surface area (Å²) in [6.07, 6.45) is 6.26. The van der Waals surface area contributed by atoms with E-state index in [9.17, 15) is 19.2 Å². The summed E-state index contributed by atoms with van der Waals surface area (Å²) in [4.78, 5) is 60.5. The van der Waals surface area contributed by atoms with E-state index in [-0.39, 0.29) is 23.6 Å². The highest BCUT2D eigenvalue weighted by Gasteiger charge is 2.39. The Morgan fingerprint density at radius 2 is 0.685 bits per heavy atom. The highest BCUT2D eigenvalue weighted by molar-refractivity contribution is 6.45. The maximum absolute atomic E-state index is 14.4. The Balaban J connectivity index is 1.21. The predicted molar refractivity (Wildman–Crippen MR) is 219 cm³/mol. The lowest BCUT2D eigenvalue weighted by atomic mass is 9.82.